The number of imidazole rings is 1. The lowest BCUT2D eigenvalue weighted by molar-refractivity contribution is -0.149. The molecule has 1 unspecified atom stereocenters. The minimum atomic E-state index is -0.228. The van der Waals surface area contributed by atoms with Crippen LogP contribution in [0.3, 0.4) is 0 Å². The molecule has 3 saturated carbocycles. The zero-order chi connectivity index (χ0) is 18.6. The maximum Gasteiger partial charge on any atom is 0.225 e. The predicted octanol–water partition coefficient (Wildman–Crippen LogP) is 3.50. The number of rotatable bonds is 4. The molecule has 1 amide bonds. The fourth-order valence-corrected chi connectivity index (χ4v) is 5.74. The number of hydrogen-bond donors (Lipinski definition) is 1. The molecule has 27 heavy (non-hydrogen) atoms. The zero-order valence-electron chi connectivity index (χ0n) is 15.7. The third-order valence-corrected chi connectivity index (χ3v) is 7.52. The molecule has 6 rings (SSSR count). The summed E-state index contributed by atoms with van der Waals surface area (Å²) >= 11 is 0. The Morgan fingerprint density at radius 1 is 1.11 bits per heavy atom. The van der Waals surface area contributed by atoms with Crippen molar-refractivity contribution in [2.24, 2.45) is 10.8 Å². The Hall–Kier alpha value is -2.43. The number of nitrogens with zero attached hydrogens (tertiary/aromatic N) is 2. The van der Waals surface area contributed by atoms with Crippen LogP contribution in [0.2, 0.25) is 0 Å². The Bertz CT molecular complexity index is 905. The fraction of sp³-hybridized carbons (Fsp3) is 0.500. The highest BCUT2D eigenvalue weighted by molar-refractivity contribution is 5.89. The van der Waals surface area contributed by atoms with E-state index in [1.54, 1.807) is 7.05 Å². The van der Waals surface area contributed by atoms with Crippen molar-refractivity contribution in [3.05, 3.63) is 42.4 Å². The topological polar surface area (TPSA) is 64.0 Å². The summed E-state index contributed by atoms with van der Waals surface area (Å²) in [6.45, 7) is 0. The van der Waals surface area contributed by atoms with Gasteiger partial charge >= 0.3 is 0 Å². The minimum absolute atomic E-state index is 0.0492. The number of ketones is 1. The lowest BCUT2D eigenvalue weighted by Crippen LogP contribution is -2.52. The summed E-state index contributed by atoms with van der Waals surface area (Å²) in [5.41, 5.74) is 3.07. The molecule has 1 atom stereocenters. The van der Waals surface area contributed by atoms with E-state index in [-0.39, 0.29) is 22.8 Å². The quantitative estimate of drug-likeness (QED) is 0.904. The molecule has 140 valence electrons. The normalized spacial score (nSPS) is 30.6. The van der Waals surface area contributed by atoms with E-state index in [1.807, 2.05) is 24.7 Å². The van der Waals surface area contributed by atoms with E-state index in [0.29, 0.717) is 12.2 Å². The molecule has 1 aromatic carbocycles. The Labute approximate surface area is 159 Å². The van der Waals surface area contributed by atoms with Crippen molar-refractivity contribution in [1.29, 1.82) is 0 Å². The van der Waals surface area contributed by atoms with Gasteiger partial charge in [-0.1, -0.05) is 24.3 Å². The number of hydrogen-bond acceptors (Lipinski definition) is 3. The SMILES string of the molecule is CNC(=O)C12CCC(C(=O)CC3c4ccccc4-c4cncn43)(CC1)CC2. The minimum Gasteiger partial charge on any atom is -0.359 e. The lowest BCUT2D eigenvalue weighted by atomic mass is 9.52. The van der Waals surface area contributed by atoms with Crippen molar-refractivity contribution in [2.45, 2.75) is 51.0 Å². The van der Waals surface area contributed by atoms with Crippen LogP contribution in [0.15, 0.2) is 36.8 Å². The van der Waals surface area contributed by atoms with Crippen LogP contribution >= 0.6 is 0 Å². The third kappa shape index (κ3) is 2.27. The maximum absolute atomic E-state index is 13.5. The van der Waals surface area contributed by atoms with Crippen molar-refractivity contribution in [1.82, 2.24) is 14.9 Å². The van der Waals surface area contributed by atoms with Crippen molar-refractivity contribution < 1.29 is 9.59 Å². The number of carbonyl (C=O) groups is 2. The van der Waals surface area contributed by atoms with Crippen LogP contribution < -0.4 is 5.32 Å². The van der Waals surface area contributed by atoms with E-state index in [2.05, 4.69) is 27.0 Å². The molecule has 3 aliphatic carbocycles. The first-order valence-corrected chi connectivity index (χ1v) is 9.95. The molecule has 4 aliphatic rings. The Kier molecular flexibility index (Phi) is 3.58. The van der Waals surface area contributed by atoms with Crippen molar-refractivity contribution in [3.63, 3.8) is 0 Å². The van der Waals surface area contributed by atoms with Gasteiger partial charge in [-0.2, -0.15) is 0 Å². The number of Topliss-reactive ketones (excluding diaryl/α,β-unsaturated/α-hetero) is 1. The van der Waals surface area contributed by atoms with Crippen LogP contribution in [0.4, 0.5) is 0 Å². The molecular weight excluding hydrogens is 338 g/mol. The van der Waals surface area contributed by atoms with E-state index >= 15 is 0 Å². The summed E-state index contributed by atoms with van der Waals surface area (Å²) in [5, 5.41) is 2.84. The predicted molar refractivity (Wildman–Crippen MR) is 102 cm³/mol. The zero-order valence-corrected chi connectivity index (χ0v) is 15.7. The summed E-state index contributed by atoms with van der Waals surface area (Å²) in [6.07, 6.45) is 9.35. The van der Waals surface area contributed by atoms with Gasteiger partial charge in [-0.05, 0) is 44.1 Å². The average Bonchev–Trinajstić information content (AvgIpc) is 3.31. The molecule has 2 aromatic rings. The Morgan fingerprint density at radius 3 is 2.48 bits per heavy atom. The number of amides is 1. The monoisotopic (exact) mass is 363 g/mol. The highest BCUT2D eigenvalue weighted by Crippen LogP contribution is 2.58. The Morgan fingerprint density at radius 2 is 1.78 bits per heavy atom. The highest BCUT2D eigenvalue weighted by Gasteiger charge is 2.55. The molecule has 1 aliphatic heterocycles. The number of fused-ring (bicyclic) bond motifs is 6. The van der Waals surface area contributed by atoms with Crippen LogP contribution in [0, 0.1) is 10.8 Å². The number of benzene rings is 1. The average molecular weight is 363 g/mol. The van der Waals surface area contributed by atoms with Crippen molar-refractivity contribution in [2.75, 3.05) is 7.05 Å². The molecule has 1 aromatic heterocycles. The lowest BCUT2D eigenvalue weighted by Gasteiger charge is -2.51. The van der Waals surface area contributed by atoms with Gasteiger partial charge in [0.15, 0.2) is 0 Å². The summed E-state index contributed by atoms with van der Waals surface area (Å²) in [6, 6.07) is 8.39. The largest absolute Gasteiger partial charge is 0.359 e. The van der Waals surface area contributed by atoms with Gasteiger partial charge in [0.1, 0.15) is 5.78 Å². The number of carbonyl (C=O) groups excluding carboxylic acids is 2. The van der Waals surface area contributed by atoms with E-state index in [9.17, 15) is 9.59 Å². The van der Waals surface area contributed by atoms with Gasteiger partial charge in [-0.3, -0.25) is 9.59 Å². The van der Waals surface area contributed by atoms with Crippen LogP contribution in [-0.2, 0) is 9.59 Å². The molecule has 0 spiro atoms. The van der Waals surface area contributed by atoms with Gasteiger partial charge in [0.2, 0.25) is 5.91 Å². The van der Waals surface area contributed by atoms with Gasteiger partial charge in [0.25, 0.3) is 0 Å². The Balaban J connectivity index is 1.39. The van der Waals surface area contributed by atoms with Crippen LogP contribution in [0.5, 0.6) is 0 Å². The van der Waals surface area contributed by atoms with Gasteiger partial charge in [0, 0.05) is 29.9 Å². The first-order valence-electron chi connectivity index (χ1n) is 9.95. The van der Waals surface area contributed by atoms with Crippen LogP contribution in [-0.4, -0.2) is 28.3 Å². The van der Waals surface area contributed by atoms with Gasteiger partial charge < -0.3 is 9.88 Å². The van der Waals surface area contributed by atoms with E-state index in [4.69, 9.17) is 0 Å². The number of nitrogens with one attached hydrogen (secondary N) is 1. The summed E-state index contributed by atoms with van der Waals surface area (Å²) in [7, 11) is 1.72. The molecule has 2 bridgehead atoms. The molecular formula is C22H25N3O2. The molecule has 5 heteroatoms. The molecule has 0 radical (unpaired) electrons. The summed E-state index contributed by atoms with van der Waals surface area (Å²) < 4.78 is 2.15. The maximum atomic E-state index is 13.5. The van der Waals surface area contributed by atoms with Crippen molar-refractivity contribution in [3.8, 4) is 11.3 Å². The third-order valence-electron chi connectivity index (χ3n) is 7.52. The first-order chi connectivity index (χ1) is 13.1. The second kappa shape index (κ2) is 5.78. The highest BCUT2D eigenvalue weighted by atomic mass is 16.2. The summed E-state index contributed by atoms with van der Waals surface area (Å²) in [4.78, 5) is 30.1. The van der Waals surface area contributed by atoms with E-state index in [0.717, 1.165) is 44.2 Å². The molecule has 5 nitrogen and oxygen atoms in total. The fourth-order valence-electron chi connectivity index (χ4n) is 5.74. The molecule has 3 fully saturated rings. The van der Waals surface area contributed by atoms with Crippen molar-refractivity contribution >= 4 is 11.7 Å². The summed E-state index contributed by atoms with van der Waals surface area (Å²) in [5.74, 6) is 0.532. The second-order valence-electron chi connectivity index (χ2n) is 8.56. The second-order valence-corrected chi connectivity index (χ2v) is 8.56. The van der Waals surface area contributed by atoms with E-state index in [1.165, 1.54) is 11.1 Å². The molecule has 0 saturated heterocycles. The standard InChI is InChI=1S/C22H25N3O2/c1-23-20(27)22-9-6-21(7-10-22,8-11-22)19(26)12-17-15-4-2-3-5-16(15)18-13-24-14-25(17)18/h2-5,13-14,17H,6-12H2,1H3,(H,23,27). The van der Waals surface area contributed by atoms with Crippen LogP contribution in [0.1, 0.15) is 56.6 Å². The number of aromatic nitrogens is 2. The van der Waals surface area contributed by atoms with E-state index < -0.39 is 0 Å². The first kappa shape index (κ1) is 16.7. The van der Waals surface area contributed by atoms with Crippen LogP contribution in [0.25, 0.3) is 11.3 Å². The smallest absolute Gasteiger partial charge is 0.225 e. The van der Waals surface area contributed by atoms with Gasteiger partial charge in [0.05, 0.1) is 24.3 Å². The molecule has 2 heterocycles. The van der Waals surface area contributed by atoms with Gasteiger partial charge in [-0.25, -0.2) is 4.98 Å². The van der Waals surface area contributed by atoms with Gasteiger partial charge in [-0.15, -0.1) is 0 Å². The molecule has 1 N–H and O–H groups in total.